The van der Waals surface area contributed by atoms with Crippen LogP contribution in [-0.2, 0) is 26.8 Å². The van der Waals surface area contributed by atoms with Crippen molar-refractivity contribution >= 4 is 20.2 Å². The van der Waals surface area contributed by atoms with Crippen LogP contribution in [0.15, 0.2) is 78.9 Å². The van der Waals surface area contributed by atoms with Gasteiger partial charge >= 0.3 is 20.2 Å². The van der Waals surface area contributed by atoms with Crippen molar-refractivity contribution in [1.82, 2.24) is 0 Å². The molecule has 0 aromatic heterocycles. The molecular formula is C29H28O10S2. The van der Waals surface area contributed by atoms with Gasteiger partial charge in [-0.1, -0.05) is 48.5 Å². The summed E-state index contributed by atoms with van der Waals surface area (Å²) in [4.78, 5) is 0. The lowest BCUT2D eigenvalue weighted by Gasteiger charge is -2.21. The molecule has 0 fully saturated rings. The number of benzene rings is 4. The van der Waals surface area contributed by atoms with E-state index >= 15 is 0 Å². The third-order valence-corrected chi connectivity index (χ3v) is 6.72. The van der Waals surface area contributed by atoms with Crippen LogP contribution >= 0.6 is 0 Å². The zero-order valence-electron chi connectivity index (χ0n) is 22.7. The van der Waals surface area contributed by atoms with Crippen LogP contribution in [0.5, 0.6) is 34.5 Å². The van der Waals surface area contributed by atoms with Gasteiger partial charge in [-0.2, -0.15) is 16.8 Å². The Balaban J connectivity index is 1.81. The molecule has 10 nitrogen and oxygen atoms in total. The van der Waals surface area contributed by atoms with Crippen LogP contribution in [0.2, 0.25) is 0 Å². The monoisotopic (exact) mass is 600 g/mol. The molecule has 12 heteroatoms. The Morgan fingerprint density at radius 2 is 1.32 bits per heavy atom. The van der Waals surface area contributed by atoms with E-state index in [4.69, 9.17) is 22.6 Å². The second-order valence-corrected chi connectivity index (χ2v) is 12.1. The van der Waals surface area contributed by atoms with Crippen molar-refractivity contribution in [2.75, 3.05) is 26.7 Å². The van der Waals surface area contributed by atoms with E-state index in [9.17, 15) is 21.9 Å². The summed E-state index contributed by atoms with van der Waals surface area (Å²) in [5, 5.41) is 10.7. The average Bonchev–Trinajstić information content (AvgIpc) is 2.91. The van der Waals surface area contributed by atoms with Gasteiger partial charge in [-0.15, -0.1) is 0 Å². The van der Waals surface area contributed by atoms with Crippen molar-refractivity contribution in [3.05, 3.63) is 84.4 Å². The molecule has 0 unspecified atom stereocenters. The first-order valence-corrected chi connectivity index (χ1v) is 15.7. The van der Waals surface area contributed by atoms with Crippen molar-refractivity contribution in [1.29, 1.82) is 0 Å². The molecule has 0 amide bonds. The van der Waals surface area contributed by atoms with E-state index < -0.39 is 20.2 Å². The van der Waals surface area contributed by atoms with Gasteiger partial charge in [0.2, 0.25) is 0 Å². The highest BCUT2D eigenvalue weighted by Gasteiger charge is 2.26. The molecule has 41 heavy (non-hydrogen) atoms. The third-order valence-electron chi connectivity index (χ3n) is 5.76. The molecule has 4 aromatic carbocycles. The summed E-state index contributed by atoms with van der Waals surface area (Å²) in [6, 6.07) is 21.7. The maximum absolute atomic E-state index is 12.3. The Morgan fingerprint density at radius 3 is 1.88 bits per heavy atom. The number of hydrogen-bond donors (Lipinski definition) is 1. The van der Waals surface area contributed by atoms with E-state index in [0.717, 1.165) is 18.1 Å². The van der Waals surface area contributed by atoms with E-state index in [2.05, 4.69) is 0 Å². The summed E-state index contributed by atoms with van der Waals surface area (Å²) in [5.74, 6) is 0.291. The number of methoxy groups -OCH3 is 2. The number of aromatic hydroxyl groups is 1. The summed E-state index contributed by atoms with van der Waals surface area (Å²) in [7, 11) is -5.05. The van der Waals surface area contributed by atoms with Gasteiger partial charge in [0.05, 0.1) is 32.3 Å². The molecule has 1 N–H and O–H groups in total. The highest BCUT2D eigenvalue weighted by atomic mass is 32.2. The molecule has 0 spiro atoms. The summed E-state index contributed by atoms with van der Waals surface area (Å²) in [6.07, 6.45) is 1.81. The topological polar surface area (TPSA) is 135 Å². The maximum Gasteiger partial charge on any atom is 0.306 e. The first-order chi connectivity index (χ1) is 19.4. The minimum Gasteiger partial charge on any atom is -0.504 e. The first-order valence-electron chi connectivity index (χ1n) is 12.1. The van der Waals surface area contributed by atoms with Crippen LogP contribution in [0, 0.1) is 0 Å². The largest absolute Gasteiger partial charge is 0.504 e. The van der Waals surface area contributed by atoms with Crippen molar-refractivity contribution < 1.29 is 44.5 Å². The molecule has 0 radical (unpaired) electrons. The smallest absolute Gasteiger partial charge is 0.306 e. The number of hydrogen-bond acceptors (Lipinski definition) is 10. The Labute approximate surface area is 238 Å². The second kappa shape index (κ2) is 12.0. The molecule has 0 saturated carbocycles. The van der Waals surface area contributed by atoms with E-state index in [1.807, 2.05) is 30.3 Å². The summed E-state index contributed by atoms with van der Waals surface area (Å²) >= 11 is 0. The molecule has 0 aliphatic carbocycles. The number of phenols is 1. The molecule has 216 valence electrons. The Hall–Kier alpha value is -4.42. The number of rotatable bonds is 11. The quantitative estimate of drug-likeness (QED) is 0.234. The van der Waals surface area contributed by atoms with Gasteiger partial charge in [-0.3, -0.25) is 0 Å². The van der Waals surface area contributed by atoms with Crippen LogP contribution < -0.4 is 22.6 Å². The van der Waals surface area contributed by atoms with E-state index in [-0.39, 0.29) is 46.7 Å². The molecule has 0 atom stereocenters. The van der Waals surface area contributed by atoms with Gasteiger partial charge in [0.15, 0.2) is 23.0 Å². The van der Waals surface area contributed by atoms with Gasteiger partial charge in [-0.05, 0) is 47.0 Å². The normalized spacial score (nSPS) is 11.5. The summed E-state index contributed by atoms with van der Waals surface area (Å²) in [6.45, 7) is 0.250. The van der Waals surface area contributed by atoms with Crippen LogP contribution in [0.4, 0.5) is 0 Å². The van der Waals surface area contributed by atoms with Crippen LogP contribution in [0.3, 0.4) is 0 Å². The Bertz CT molecular complexity index is 1750. The third kappa shape index (κ3) is 7.41. The van der Waals surface area contributed by atoms with Gasteiger partial charge in [0.1, 0.15) is 18.1 Å². The molecule has 0 aliphatic rings. The standard InChI is InChI=1S/C29H28O10S2/c1-35-26-17-23(21-12-15-25(24(30)16-21)37-18-19-8-6-5-7-9-19)28(36-2)29(39-41(4,33)34)27(26)20-10-13-22(14-11-20)38-40(3,31)32/h5-17,30H,18H2,1-4H3. The first kappa shape index (κ1) is 29.6. The fraction of sp³-hybridized carbons (Fsp3) is 0.172. The van der Waals surface area contributed by atoms with E-state index in [1.165, 1.54) is 44.6 Å². The number of phenolic OH excluding ortho intramolecular Hbond substituents is 1. The van der Waals surface area contributed by atoms with Crippen molar-refractivity contribution in [2.45, 2.75) is 6.61 Å². The zero-order chi connectivity index (χ0) is 29.8. The lowest BCUT2D eigenvalue weighted by atomic mass is 9.96. The minimum absolute atomic E-state index is 0.0556. The Kier molecular flexibility index (Phi) is 8.64. The summed E-state index contributed by atoms with van der Waals surface area (Å²) < 4.78 is 75.0. The lowest BCUT2D eigenvalue weighted by molar-refractivity contribution is 0.289. The lowest BCUT2D eigenvalue weighted by Crippen LogP contribution is -2.09. The molecule has 4 aromatic rings. The predicted octanol–water partition coefficient (Wildman–Crippen LogP) is 5.00. The van der Waals surface area contributed by atoms with E-state index in [0.29, 0.717) is 16.7 Å². The van der Waals surface area contributed by atoms with Gasteiger partial charge in [0, 0.05) is 5.56 Å². The minimum atomic E-state index is -4.05. The second-order valence-electron chi connectivity index (χ2n) is 8.92. The molecule has 0 aliphatic heterocycles. The van der Waals surface area contributed by atoms with Gasteiger partial charge in [-0.25, -0.2) is 0 Å². The van der Waals surface area contributed by atoms with Crippen molar-refractivity contribution in [2.24, 2.45) is 0 Å². The van der Waals surface area contributed by atoms with Crippen LogP contribution in [-0.4, -0.2) is 48.7 Å². The molecule has 0 saturated heterocycles. The maximum atomic E-state index is 12.3. The number of ether oxygens (including phenoxy) is 3. The average molecular weight is 601 g/mol. The van der Waals surface area contributed by atoms with Gasteiger partial charge in [0.25, 0.3) is 0 Å². The van der Waals surface area contributed by atoms with E-state index in [1.54, 1.807) is 18.2 Å². The predicted molar refractivity (Wildman–Crippen MR) is 154 cm³/mol. The molecule has 0 bridgehead atoms. The zero-order valence-corrected chi connectivity index (χ0v) is 24.3. The fourth-order valence-electron chi connectivity index (χ4n) is 4.09. The van der Waals surface area contributed by atoms with Crippen LogP contribution in [0.25, 0.3) is 22.3 Å². The van der Waals surface area contributed by atoms with Crippen LogP contribution in [0.1, 0.15) is 5.56 Å². The highest BCUT2D eigenvalue weighted by Crippen LogP contribution is 2.51. The van der Waals surface area contributed by atoms with Crippen molar-refractivity contribution in [3.63, 3.8) is 0 Å². The molecule has 4 rings (SSSR count). The highest BCUT2D eigenvalue weighted by molar-refractivity contribution is 7.86. The summed E-state index contributed by atoms with van der Waals surface area (Å²) in [5.41, 5.74) is 2.42. The fourth-order valence-corrected chi connectivity index (χ4v) is 5.02. The SMILES string of the molecule is COc1cc(-c2ccc(OCc3ccccc3)c(O)c2)c(OC)c(OS(C)(=O)=O)c1-c1ccc(OS(C)(=O)=O)cc1. The molecular weight excluding hydrogens is 572 g/mol. The molecule has 0 heterocycles. The van der Waals surface area contributed by atoms with Gasteiger partial charge < -0.3 is 27.7 Å². The van der Waals surface area contributed by atoms with Crippen molar-refractivity contribution in [3.8, 4) is 56.8 Å². The Morgan fingerprint density at radius 1 is 0.683 bits per heavy atom.